The number of carbonyl (C=O) groups is 3. The van der Waals surface area contributed by atoms with E-state index in [9.17, 15) is 14.4 Å². The number of hydrogen-bond acceptors (Lipinski definition) is 5. The van der Waals surface area contributed by atoms with E-state index in [0.29, 0.717) is 33.2 Å². The largest absolute Gasteiger partial charge is 0.397 e. The van der Waals surface area contributed by atoms with Gasteiger partial charge in [0.15, 0.2) is 0 Å². The van der Waals surface area contributed by atoms with Crippen molar-refractivity contribution >= 4 is 61.9 Å². The molecule has 5 aromatic rings. The predicted octanol–water partition coefficient (Wildman–Crippen LogP) is 5.67. The molecule has 1 unspecified atom stereocenters. The van der Waals surface area contributed by atoms with Crippen LogP contribution < -0.4 is 21.7 Å². The maximum atomic E-state index is 13.9. The van der Waals surface area contributed by atoms with Gasteiger partial charge in [-0.3, -0.25) is 19.3 Å². The molecule has 4 aromatic carbocycles. The molecule has 0 aliphatic heterocycles. The summed E-state index contributed by atoms with van der Waals surface area (Å²) in [6.07, 6.45) is 0. The van der Waals surface area contributed by atoms with E-state index >= 15 is 0 Å². The Balaban J connectivity index is 1.49. The van der Waals surface area contributed by atoms with E-state index in [1.807, 2.05) is 36.4 Å². The number of carbonyl (C=O) groups excluding carboxylic acids is 3. The van der Waals surface area contributed by atoms with Gasteiger partial charge < -0.3 is 16.8 Å². The van der Waals surface area contributed by atoms with Crippen LogP contribution in [0.3, 0.4) is 0 Å². The van der Waals surface area contributed by atoms with Crippen LogP contribution in [0.5, 0.6) is 0 Å². The van der Waals surface area contributed by atoms with Crippen molar-refractivity contribution in [3.05, 3.63) is 120 Å². The highest BCUT2D eigenvalue weighted by molar-refractivity contribution is 7.20. The standard InChI is InChI=1S/C30H24N4O3S/c31-23-13-7-8-14-24(23)33-29(36)26-17-19-15-16-20(18-25(19)38-26)27(28(32)35)30(37)34(21-9-3-1-4-10-21)22-11-5-2-6-12-22/h1-18,27H,31H2,(H2,32,35)(H,33,36). The topological polar surface area (TPSA) is 119 Å². The van der Waals surface area contributed by atoms with Gasteiger partial charge in [-0.1, -0.05) is 60.7 Å². The van der Waals surface area contributed by atoms with Gasteiger partial charge in [0.25, 0.3) is 5.91 Å². The number of fused-ring (bicyclic) bond motifs is 1. The molecule has 0 radical (unpaired) electrons. The molecule has 5 N–H and O–H groups in total. The first kappa shape index (κ1) is 24.7. The molecular weight excluding hydrogens is 496 g/mol. The Bertz CT molecular complexity index is 1590. The highest BCUT2D eigenvalue weighted by Crippen LogP contribution is 2.34. The fourth-order valence-corrected chi connectivity index (χ4v) is 5.26. The van der Waals surface area contributed by atoms with Crippen molar-refractivity contribution < 1.29 is 14.4 Å². The van der Waals surface area contributed by atoms with Crippen molar-refractivity contribution in [2.24, 2.45) is 5.73 Å². The van der Waals surface area contributed by atoms with E-state index in [-0.39, 0.29) is 5.91 Å². The van der Waals surface area contributed by atoms with Crippen molar-refractivity contribution in [3.63, 3.8) is 0 Å². The molecule has 1 aromatic heterocycles. The molecule has 38 heavy (non-hydrogen) atoms. The average molecular weight is 521 g/mol. The summed E-state index contributed by atoms with van der Waals surface area (Å²) in [6.45, 7) is 0. The SMILES string of the molecule is NC(=O)C(C(=O)N(c1ccccc1)c1ccccc1)c1ccc2cc(C(=O)Nc3ccccc3N)sc2c1. The number of rotatable bonds is 7. The lowest BCUT2D eigenvalue weighted by Crippen LogP contribution is -2.38. The number of nitrogen functional groups attached to an aromatic ring is 1. The molecule has 0 aliphatic rings. The van der Waals surface area contributed by atoms with Crippen LogP contribution in [-0.2, 0) is 9.59 Å². The second-order valence-corrected chi connectivity index (χ2v) is 9.71. The van der Waals surface area contributed by atoms with Gasteiger partial charge in [0.1, 0.15) is 5.92 Å². The molecule has 0 saturated carbocycles. The lowest BCUT2D eigenvalue weighted by molar-refractivity contribution is -0.128. The Hall–Kier alpha value is -4.95. The number of hydrogen-bond donors (Lipinski definition) is 3. The van der Waals surface area contributed by atoms with Crippen LogP contribution in [0, 0.1) is 0 Å². The molecule has 0 bridgehead atoms. The Morgan fingerprint density at radius 1 is 0.763 bits per heavy atom. The third-order valence-corrected chi connectivity index (χ3v) is 7.19. The van der Waals surface area contributed by atoms with Crippen LogP contribution in [-0.4, -0.2) is 17.7 Å². The first-order valence-electron chi connectivity index (χ1n) is 11.8. The number of anilines is 4. The first-order valence-corrected chi connectivity index (χ1v) is 12.7. The molecule has 0 aliphatic carbocycles. The summed E-state index contributed by atoms with van der Waals surface area (Å²) in [7, 11) is 0. The van der Waals surface area contributed by atoms with Gasteiger partial charge in [-0.15, -0.1) is 11.3 Å². The van der Waals surface area contributed by atoms with Crippen molar-refractivity contribution in [3.8, 4) is 0 Å². The van der Waals surface area contributed by atoms with Gasteiger partial charge in [0.2, 0.25) is 11.8 Å². The lowest BCUT2D eigenvalue weighted by atomic mass is 9.95. The third-order valence-electron chi connectivity index (χ3n) is 6.09. The molecule has 1 atom stereocenters. The number of para-hydroxylation sites is 4. The number of nitrogens with two attached hydrogens (primary N) is 2. The van der Waals surface area contributed by atoms with Gasteiger partial charge in [0, 0.05) is 16.1 Å². The Kier molecular flexibility index (Phi) is 6.88. The molecule has 7 nitrogen and oxygen atoms in total. The molecule has 0 spiro atoms. The van der Waals surface area contributed by atoms with E-state index in [1.165, 1.54) is 16.2 Å². The highest BCUT2D eigenvalue weighted by Gasteiger charge is 2.33. The minimum Gasteiger partial charge on any atom is -0.397 e. The molecule has 188 valence electrons. The smallest absolute Gasteiger partial charge is 0.265 e. The van der Waals surface area contributed by atoms with Gasteiger partial charge in [-0.05, 0) is 59.5 Å². The van der Waals surface area contributed by atoms with E-state index < -0.39 is 17.7 Å². The normalized spacial score (nSPS) is 11.6. The fourth-order valence-electron chi connectivity index (χ4n) is 4.25. The van der Waals surface area contributed by atoms with Crippen LogP contribution in [0.25, 0.3) is 10.1 Å². The number of amides is 3. The quantitative estimate of drug-likeness (QED) is 0.189. The van der Waals surface area contributed by atoms with Gasteiger partial charge in [-0.2, -0.15) is 0 Å². The van der Waals surface area contributed by atoms with Gasteiger partial charge >= 0.3 is 0 Å². The lowest BCUT2D eigenvalue weighted by Gasteiger charge is -2.26. The Labute approximate surface area is 223 Å². The molecule has 0 fully saturated rings. The summed E-state index contributed by atoms with van der Waals surface area (Å²) >= 11 is 1.26. The van der Waals surface area contributed by atoms with Crippen LogP contribution in [0.4, 0.5) is 22.7 Å². The van der Waals surface area contributed by atoms with Crippen LogP contribution >= 0.6 is 11.3 Å². The second-order valence-electron chi connectivity index (χ2n) is 8.63. The second kappa shape index (κ2) is 10.6. The van der Waals surface area contributed by atoms with Crippen molar-refractivity contribution in [2.45, 2.75) is 5.92 Å². The Morgan fingerprint density at radius 3 is 1.97 bits per heavy atom. The van der Waals surface area contributed by atoms with E-state index in [1.54, 1.807) is 72.8 Å². The van der Waals surface area contributed by atoms with Crippen molar-refractivity contribution in [2.75, 3.05) is 16.0 Å². The maximum absolute atomic E-state index is 13.9. The minimum absolute atomic E-state index is 0.299. The van der Waals surface area contributed by atoms with Crippen molar-refractivity contribution in [1.82, 2.24) is 0 Å². The summed E-state index contributed by atoms with van der Waals surface area (Å²) in [5, 5.41) is 3.63. The zero-order valence-corrected chi connectivity index (χ0v) is 21.0. The van der Waals surface area contributed by atoms with Gasteiger partial charge in [0.05, 0.1) is 16.3 Å². The predicted molar refractivity (Wildman–Crippen MR) is 153 cm³/mol. The minimum atomic E-state index is -1.23. The maximum Gasteiger partial charge on any atom is 0.265 e. The molecular formula is C30H24N4O3S. The Morgan fingerprint density at radius 2 is 1.37 bits per heavy atom. The number of primary amides is 1. The zero-order chi connectivity index (χ0) is 26.6. The third kappa shape index (κ3) is 4.98. The summed E-state index contributed by atoms with van der Waals surface area (Å²) in [5.74, 6) is -2.76. The van der Waals surface area contributed by atoms with E-state index in [0.717, 1.165) is 10.1 Å². The molecule has 3 amide bonds. The number of nitrogens with zero attached hydrogens (tertiary/aromatic N) is 1. The highest BCUT2D eigenvalue weighted by atomic mass is 32.1. The number of thiophene rings is 1. The van der Waals surface area contributed by atoms with E-state index in [4.69, 9.17) is 11.5 Å². The fraction of sp³-hybridized carbons (Fsp3) is 0.0333. The summed E-state index contributed by atoms with van der Waals surface area (Å²) in [4.78, 5) is 41.5. The van der Waals surface area contributed by atoms with Crippen LogP contribution in [0.2, 0.25) is 0 Å². The molecule has 1 heterocycles. The molecule has 5 rings (SSSR count). The van der Waals surface area contributed by atoms with E-state index in [2.05, 4.69) is 5.32 Å². The molecule has 0 saturated heterocycles. The summed E-state index contributed by atoms with van der Waals surface area (Å²) in [6, 6.07) is 32.2. The summed E-state index contributed by atoms with van der Waals surface area (Å²) in [5.41, 5.74) is 14.4. The monoisotopic (exact) mass is 520 g/mol. The zero-order valence-electron chi connectivity index (χ0n) is 20.2. The number of benzene rings is 4. The van der Waals surface area contributed by atoms with Crippen LogP contribution in [0.1, 0.15) is 21.2 Å². The summed E-state index contributed by atoms with van der Waals surface area (Å²) < 4.78 is 0.749. The average Bonchev–Trinajstić information content (AvgIpc) is 3.35. The van der Waals surface area contributed by atoms with Crippen molar-refractivity contribution in [1.29, 1.82) is 0 Å². The van der Waals surface area contributed by atoms with Crippen LogP contribution in [0.15, 0.2) is 109 Å². The molecule has 8 heteroatoms. The number of nitrogens with one attached hydrogen (secondary N) is 1. The van der Waals surface area contributed by atoms with Gasteiger partial charge in [-0.25, -0.2) is 0 Å². The first-order chi connectivity index (χ1) is 18.4.